The lowest BCUT2D eigenvalue weighted by Crippen LogP contribution is -2.44. The molecule has 0 atom stereocenters. The van der Waals surface area contributed by atoms with Gasteiger partial charge in [-0.2, -0.15) is 0 Å². The van der Waals surface area contributed by atoms with Gasteiger partial charge < -0.3 is 5.32 Å². The lowest BCUT2D eigenvalue weighted by molar-refractivity contribution is 0.269. The molecule has 2 heteroatoms. The minimum Gasteiger partial charge on any atom is -0.365 e. The second-order valence-corrected chi connectivity index (χ2v) is 6.29. The summed E-state index contributed by atoms with van der Waals surface area (Å²) in [5.41, 5.74) is 1.81. The van der Waals surface area contributed by atoms with Gasteiger partial charge in [-0.15, -0.1) is 0 Å². The van der Waals surface area contributed by atoms with E-state index in [0.717, 1.165) is 5.82 Å². The van der Waals surface area contributed by atoms with Crippen molar-refractivity contribution in [1.29, 1.82) is 0 Å². The Morgan fingerprint density at radius 2 is 2.00 bits per heavy atom. The molecular weight excluding hydrogens is 208 g/mol. The fraction of sp³-hybridized carbons (Fsp3) is 0.667. The molecular formula is C15H24N2. The molecule has 1 aliphatic rings. The van der Waals surface area contributed by atoms with Gasteiger partial charge >= 0.3 is 0 Å². The molecule has 0 amide bonds. The molecule has 2 nitrogen and oxygen atoms in total. The van der Waals surface area contributed by atoms with Crippen molar-refractivity contribution in [2.24, 2.45) is 0 Å². The van der Waals surface area contributed by atoms with E-state index in [4.69, 9.17) is 0 Å². The van der Waals surface area contributed by atoms with E-state index in [-0.39, 0.29) is 5.41 Å². The molecule has 0 radical (unpaired) electrons. The van der Waals surface area contributed by atoms with Gasteiger partial charge in [-0.05, 0) is 42.7 Å². The molecule has 0 saturated heterocycles. The molecule has 1 aromatic heterocycles. The molecule has 0 bridgehead atoms. The van der Waals surface area contributed by atoms with Crippen LogP contribution in [0.1, 0.15) is 58.9 Å². The third-order valence-electron chi connectivity index (χ3n) is 4.01. The molecule has 17 heavy (non-hydrogen) atoms. The van der Waals surface area contributed by atoms with E-state index in [1.165, 1.54) is 31.2 Å². The van der Waals surface area contributed by atoms with Gasteiger partial charge in [0.15, 0.2) is 0 Å². The standard InChI is InChI=1S/C15H24N2/c1-5-15(9-6-10-15)17-13-8-7-12(11-16-13)14(2,3)4/h7-8,11H,5-6,9-10H2,1-4H3,(H,16,17). The fourth-order valence-electron chi connectivity index (χ4n) is 2.35. The molecule has 1 heterocycles. The smallest absolute Gasteiger partial charge is 0.126 e. The quantitative estimate of drug-likeness (QED) is 0.847. The molecule has 1 aromatic rings. The van der Waals surface area contributed by atoms with Crippen LogP contribution in [0.5, 0.6) is 0 Å². The van der Waals surface area contributed by atoms with Gasteiger partial charge in [0.05, 0.1) is 0 Å². The van der Waals surface area contributed by atoms with Crippen LogP contribution in [0.2, 0.25) is 0 Å². The number of nitrogens with one attached hydrogen (secondary N) is 1. The Morgan fingerprint density at radius 1 is 1.29 bits per heavy atom. The Labute approximate surface area is 105 Å². The van der Waals surface area contributed by atoms with Crippen molar-refractivity contribution in [3.8, 4) is 0 Å². The number of aromatic nitrogens is 1. The maximum absolute atomic E-state index is 4.55. The van der Waals surface area contributed by atoms with Gasteiger partial charge in [-0.3, -0.25) is 0 Å². The monoisotopic (exact) mass is 232 g/mol. The van der Waals surface area contributed by atoms with Crippen molar-refractivity contribution in [3.63, 3.8) is 0 Å². The average molecular weight is 232 g/mol. The van der Waals surface area contributed by atoms with Crippen molar-refractivity contribution >= 4 is 5.82 Å². The minimum atomic E-state index is 0.185. The predicted molar refractivity (Wildman–Crippen MR) is 73.4 cm³/mol. The van der Waals surface area contributed by atoms with Gasteiger partial charge in [0.25, 0.3) is 0 Å². The summed E-state index contributed by atoms with van der Waals surface area (Å²) >= 11 is 0. The van der Waals surface area contributed by atoms with E-state index in [1.54, 1.807) is 0 Å². The first-order chi connectivity index (χ1) is 7.95. The normalized spacial score (nSPS) is 18.6. The zero-order chi connectivity index (χ0) is 12.5. The van der Waals surface area contributed by atoms with Crippen LogP contribution in [0.3, 0.4) is 0 Å². The molecule has 1 N–H and O–H groups in total. The summed E-state index contributed by atoms with van der Waals surface area (Å²) in [6.07, 6.45) is 7.11. The van der Waals surface area contributed by atoms with E-state index in [0.29, 0.717) is 5.54 Å². The summed E-state index contributed by atoms with van der Waals surface area (Å²) < 4.78 is 0. The first-order valence-electron chi connectivity index (χ1n) is 6.70. The van der Waals surface area contributed by atoms with Gasteiger partial charge in [0.1, 0.15) is 5.82 Å². The van der Waals surface area contributed by atoms with Crippen LogP contribution in [0, 0.1) is 0 Å². The Balaban J connectivity index is 2.08. The highest BCUT2D eigenvalue weighted by atomic mass is 15.1. The molecule has 0 aromatic carbocycles. The third-order valence-corrected chi connectivity index (χ3v) is 4.01. The van der Waals surface area contributed by atoms with Crippen molar-refractivity contribution in [1.82, 2.24) is 4.98 Å². The summed E-state index contributed by atoms with van der Waals surface area (Å²) in [4.78, 5) is 4.55. The van der Waals surface area contributed by atoms with Crippen LogP contribution in [0.15, 0.2) is 18.3 Å². The number of hydrogen-bond donors (Lipinski definition) is 1. The number of hydrogen-bond acceptors (Lipinski definition) is 2. The lowest BCUT2D eigenvalue weighted by atomic mass is 9.75. The van der Waals surface area contributed by atoms with E-state index >= 15 is 0 Å². The Kier molecular flexibility index (Phi) is 3.15. The molecule has 1 fully saturated rings. The first-order valence-corrected chi connectivity index (χ1v) is 6.70. The van der Waals surface area contributed by atoms with Crippen LogP contribution in [0.25, 0.3) is 0 Å². The second-order valence-electron chi connectivity index (χ2n) is 6.29. The first kappa shape index (κ1) is 12.4. The zero-order valence-corrected chi connectivity index (χ0v) is 11.5. The molecule has 94 valence electrons. The van der Waals surface area contributed by atoms with Crippen LogP contribution in [-0.4, -0.2) is 10.5 Å². The summed E-state index contributed by atoms with van der Waals surface area (Å²) in [6.45, 7) is 8.92. The topological polar surface area (TPSA) is 24.9 Å². The van der Waals surface area contributed by atoms with Crippen LogP contribution < -0.4 is 5.32 Å². The summed E-state index contributed by atoms with van der Waals surface area (Å²) in [7, 11) is 0. The maximum Gasteiger partial charge on any atom is 0.126 e. The SMILES string of the molecule is CCC1(Nc2ccc(C(C)(C)C)cn2)CCC1. The number of anilines is 1. The predicted octanol–water partition coefficient (Wildman–Crippen LogP) is 4.12. The van der Waals surface area contributed by atoms with Crippen LogP contribution in [-0.2, 0) is 5.41 Å². The van der Waals surface area contributed by atoms with Gasteiger partial charge in [-0.25, -0.2) is 4.98 Å². The van der Waals surface area contributed by atoms with E-state index in [9.17, 15) is 0 Å². The maximum atomic E-state index is 4.55. The van der Waals surface area contributed by atoms with E-state index < -0.39 is 0 Å². The molecule has 2 rings (SSSR count). The van der Waals surface area contributed by atoms with E-state index in [2.05, 4.69) is 50.1 Å². The Bertz CT molecular complexity index is 363. The van der Waals surface area contributed by atoms with Crippen LogP contribution in [0.4, 0.5) is 5.82 Å². The lowest BCUT2D eigenvalue weighted by Gasteiger charge is -2.42. The molecule has 0 spiro atoms. The second kappa shape index (κ2) is 4.32. The highest BCUT2D eigenvalue weighted by Crippen LogP contribution is 2.37. The highest BCUT2D eigenvalue weighted by Gasteiger charge is 2.35. The molecule has 1 aliphatic carbocycles. The molecule has 1 saturated carbocycles. The summed E-state index contributed by atoms with van der Waals surface area (Å²) in [5.74, 6) is 1.03. The summed E-state index contributed by atoms with van der Waals surface area (Å²) in [5, 5.41) is 3.61. The minimum absolute atomic E-state index is 0.185. The van der Waals surface area contributed by atoms with Crippen LogP contribution >= 0.6 is 0 Å². The van der Waals surface area contributed by atoms with Gasteiger partial charge in [0, 0.05) is 11.7 Å². The average Bonchev–Trinajstić information content (AvgIpc) is 2.23. The van der Waals surface area contributed by atoms with E-state index in [1.807, 2.05) is 6.20 Å². The van der Waals surface area contributed by atoms with Crippen molar-refractivity contribution in [2.45, 2.75) is 64.3 Å². The molecule has 0 unspecified atom stereocenters. The summed E-state index contributed by atoms with van der Waals surface area (Å²) in [6, 6.07) is 4.31. The fourth-order valence-corrected chi connectivity index (χ4v) is 2.35. The zero-order valence-electron chi connectivity index (χ0n) is 11.5. The molecule has 0 aliphatic heterocycles. The third kappa shape index (κ3) is 2.62. The highest BCUT2D eigenvalue weighted by molar-refractivity contribution is 5.40. The Hall–Kier alpha value is -1.05. The van der Waals surface area contributed by atoms with Crippen molar-refractivity contribution < 1.29 is 0 Å². The number of pyridine rings is 1. The van der Waals surface area contributed by atoms with Crippen molar-refractivity contribution in [3.05, 3.63) is 23.9 Å². The Morgan fingerprint density at radius 3 is 2.35 bits per heavy atom. The number of rotatable bonds is 3. The largest absolute Gasteiger partial charge is 0.365 e. The van der Waals surface area contributed by atoms with Gasteiger partial charge in [0.2, 0.25) is 0 Å². The van der Waals surface area contributed by atoms with Crippen molar-refractivity contribution in [2.75, 3.05) is 5.32 Å². The van der Waals surface area contributed by atoms with Gasteiger partial charge in [-0.1, -0.05) is 33.8 Å². The number of nitrogens with zero attached hydrogens (tertiary/aromatic N) is 1.